The number of rotatable bonds is 6. The highest BCUT2D eigenvalue weighted by Gasteiger charge is 2.28. The summed E-state index contributed by atoms with van der Waals surface area (Å²) in [5.74, 6) is 2.18. The lowest BCUT2D eigenvalue weighted by Gasteiger charge is -2.13. The van der Waals surface area contributed by atoms with Gasteiger partial charge in [-0.25, -0.2) is 9.59 Å². The van der Waals surface area contributed by atoms with Gasteiger partial charge in [-0.05, 0) is 37.6 Å². The highest BCUT2D eigenvalue weighted by atomic mass is 32.2. The Bertz CT molecular complexity index is 321. The van der Waals surface area contributed by atoms with Gasteiger partial charge in [-0.15, -0.1) is 0 Å². The third-order valence-electron chi connectivity index (χ3n) is 2.57. The number of carbonyl (C=O) groups excluding carboxylic acids is 2. The van der Waals surface area contributed by atoms with Gasteiger partial charge in [0.2, 0.25) is 5.75 Å². The Hall–Kier alpha value is -0.970. The van der Waals surface area contributed by atoms with E-state index in [4.69, 9.17) is 9.47 Å². The molecule has 0 aliphatic carbocycles. The molecule has 18 heavy (non-hydrogen) atoms. The average molecular weight is 273 g/mol. The molecule has 1 aliphatic rings. The smallest absolute Gasteiger partial charge is 0.356 e. The Kier molecular flexibility index (Phi) is 6.25. The molecule has 4 nitrogen and oxygen atoms in total. The number of carbonyl (C=O) groups is 2. The first-order valence-corrected chi connectivity index (χ1v) is 7.88. The van der Waals surface area contributed by atoms with Gasteiger partial charge in [0.1, 0.15) is 24.2 Å². The van der Waals surface area contributed by atoms with E-state index in [1.54, 1.807) is 13.8 Å². The maximum Gasteiger partial charge on any atom is 0.356 e. The van der Waals surface area contributed by atoms with Crippen LogP contribution < -0.4 is 0 Å². The van der Waals surface area contributed by atoms with Crippen molar-refractivity contribution < 1.29 is 19.1 Å². The summed E-state index contributed by atoms with van der Waals surface area (Å²) in [6.45, 7) is 6.90. The zero-order chi connectivity index (χ0) is 13.5. The van der Waals surface area contributed by atoms with Gasteiger partial charge in [-0.2, -0.15) is 0 Å². The summed E-state index contributed by atoms with van der Waals surface area (Å²) in [5, 5.41) is 0. The number of ether oxygens (including phenoxy) is 2. The molecule has 1 heterocycles. The van der Waals surface area contributed by atoms with Crippen molar-refractivity contribution in [3.8, 4) is 0 Å². The second-order valence-corrected chi connectivity index (χ2v) is 6.88. The first-order chi connectivity index (χ1) is 8.49. The quantitative estimate of drug-likeness (QED) is 0.417. The Labute approximate surface area is 111 Å². The van der Waals surface area contributed by atoms with E-state index in [-0.39, 0.29) is 23.5 Å². The maximum absolute atomic E-state index is 11.5. The van der Waals surface area contributed by atoms with Crippen LogP contribution in [0.4, 0.5) is 0 Å². The van der Waals surface area contributed by atoms with Crippen molar-refractivity contribution in [2.45, 2.75) is 32.8 Å². The molecule has 1 atom stereocenters. The molecule has 0 spiro atoms. The highest BCUT2D eigenvalue weighted by molar-refractivity contribution is 7.97. The third kappa shape index (κ3) is 5.58. The van der Waals surface area contributed by atoms with Gasteiger partial charge in [0.15, 0.2) is 0 Å². The standard InChI is InChI=1S/C13H21O4S/c1-10(2)13(15)17-11(3)8-16-12(14)9-18-6-4-5-7-18/h11H,1,4-9H2,2-3H3/q+1. The van der Waals surface area contributed by atoms with Crippen LogP contribution in [0, 0.1) is 0 Å². The van der Waals surface area contributed by atoms with E-state index in [9.17, 15) is 9.59 Å². The fourth-order valence-electron chi connectivity index (χ4n) is 1.59. The molecule has 102 valence electrons. The maximum atomic E-state index is 11.5. The second-order valence-electron chi connectivity index (χ2n) is 4.55. The summed E-state index contributed by atoms with van der Waals surface area (Å²) in [7, 11) is 0.213. The molecule has 0 N–H and O–H groups in total. The Morgan fingerprint density at radius 1 is 1.33 bits per heavy atom. The van der Waals surface area contributed by atoms with Crippen LogP contribution in [0.15, 0.2) is 12.2 Å². The van der Waals surface area contributed by atoms with E-state index in [0.29, 0.717) is 11.3 Å². The fraction of sp³-hybridized carbons (Fsp3) is 0.692. The van der Waals surface area contributed by atoms with Crippen LogP contribution in [0.3, 0.4) is 0 Å². The largest absolute Gasteiger partial charge is 0.458 e. The van der Waals surface area contributed by atoms with Gasteiger partial charge in [-0.3, -0.25) is 0 Å². The Morgan fingerprint density at radius 2 is 1.94 bits per heavy atom. The molecule has 1 fully saturated rings. The first kappa shape index (κ1) is 15.1. The van der Waals surface area contributed by atoms with Crippen molar-refractivity contribution in [1.82, 2.24) is 0 Å². The molecule has 1 saturated heterocycles. The van der Waals surface area contributed by atoms with Gasteiger partial charge in [0, 0.05) is 5.57 Å². The fourth-order valence-corrected chi connectivity index (χ4v) is 3.73. The monoisotopic (exact) mass is 273 g/mol. The molecular weight excluding hydrogens is 252 g/mol. The van der Waals surface area contributed by atoms with Crippen molar-refractivity contribution in [2.24, 2.45) is 0 Å². The zero-order valence-corrected chi connectivity index (χ0v) is 11.9. The van der Waals surface area contributed by atoms with Crippen molar-refractivity contribution >= 4 is 22.8 Å². The van der Waals surface area contributed by atoms with Gasteiger partial charge in [0.05, 0.1) is 0 Å². The normalized spacial score (nSPS) is 17.2. The molecule has 0 radical (unpaired) electrons. The lowest BCUT2D eigenvalue weighted by Crippen LogP contribution is -2.26. The van der Waals surface area contributed by atoms with Crippen molar-refractivity contribution in [3.63, 3.8) is 0 Å². The molecule has 0 aromatic rings. The minimum atomic E-state index is -0.448. The average Bonchev–Trinajstić information content (AvgIpc) is 2.79. The molecule has 0 aromatic heterocycles. The third-order valence-corrected chi connectivity index (χ3v) is 4.95. The summed E-state index contributed by atoms with van der Waals surface area (Å²) >= 11 is 0. The minimum absolute atomic E-state index is 0.120. The molecule has 0 saturated carbocycles. The summed E-state index contributed by atoms with van der Waals surface area (Å²) in [6.07, 6.45) is 2.02. The van der Waals surface area contributed by atoms with E-state index in [2.05, 4.69) is 6.58 Å². The molecule has 0 bridgehead atoms. The Balaban J connectivity index is 2.16. The number of hydrogen-bond acceptors (Lipinski definition) is 4. The summed E-state index contributed by atoms with van der Waals surface area (Å²) in [6, 6.07) is 0. The van der Waals surface area contributed by atoms with Gasteiger partial charge < -0.3 is 9.47 Å². The van der Waals surface area contributed by atoms with E-state index < -0.39 is 12.1 Å². The lowest BCUT2D eigenvalue weighted by molar-refractivity contribution is -0.153. The topological polar surface area (TPSA) is 52.6 Å². The van der Waals surface area contributed by atoms with Crippen LogP contribution in [-0.2, 0) is 30.0 Å². The van der Waals surface area contributed by atoms with Crippen LogP contribution in [0.1, 0.15) is 26.7 Å². The van der Waals surface area contributed by atoms with Crippen molar-refractivity contribution in [2.75, 3.05) is 23.9 Å². The van der Waals surface area contributed by atoms with E-state index in [0.717, 1.165) is 11.5 Å². The van der Waals surface area contributed by atoms with Crippen LogP contribution >= 0.6 is 0 Å². The molecule has 5 heteroatoms. The van der Waals surface area contributed by atoms with Crippen molar-refractivity contribution in [1.29, 1.82) is 0 Å². The molecule has 1 rings (SSSR count). The van der Waals surface area contributed by atoms with Crippen LogP contribution in [0.2, 0.25) is 0 Å². The van der Waals surface area contributed by atoms with Crippen LogP contribution in [0.25, 0.3) is 0 Å². The van der Waals surface area contributed by atoms with Crippen LogP contribution in [-0.4, -0.2) is 41.9 Å². The lowest BCUT2D eigenvalue weighted by atomic mass is 10.3. The van der Waals surface area contributed by atoms with E-state index in [1.807, 2.05) is 0 Å². The Morgan fingerprint density at radius 3 is 2.50 bits per heavy atom. The predicted octanol–water partition coefficient (Wildman–Crippen LogP) is 1.45. The SMILES string of the molecule is C=C(C)C(=O)OC(C)COC(=O)C[S+]1CCCC1. The minimum Gasteiger partial charge on any atom is -0.458 e. The molecule has 0 aromatic carbocycles. The zero-order valence-electron chi connectivity index (χ0n) is 11.1. The number of hydrogen-bond donors (Lipinski definition) is 0. The predicted molar refractivity (Wildman–Crippen MR) is 72.5 cm³/mol. The summed E-state index contributed by atoms with van der Waals surface area (Å²) in [5.41, 5.74) is 0.348. The molecular formula is C13H21O4S+. The highest BCUT2D eigenvalue weighted by Crippen LogP contribution is 2.13. The first-order valence-electron chi connectivity index (χ1n) is 6.15. The van der Waals surface area contributed by atoms with Crippen molar-refractivity contribution in [3.05, 3.63) is 12.2 Å². The molecule has 1 unspecified atom stereocenters. The summed E-state index contributed by atoms with van der Waals surface area (Å²) in [4.78, 5) is 22.8. The molecule has 1 aliphatic heterocycles. The number of esters is 2. The summed E-state index contributed by atoms with van der Waals surface area (Å²) < 4.78 is 10.1. The van der Waals surface area contributed by atoms with Crippen LogP contribution in [0.5, 0.6) is 0 Å². The second kappa shape index (κ2) is 7.46. The van der Waals surface area contributed by atoms with E-state index in [1.165, 1.54) is 12.8 Å². The van der Waals surface area contributed by atoms with Gasteiger partial charge in [-0.1, -0.05) is 6.58 Å². The van der Waals surface area contributed by atoms with Gasteiger partial charge >= 0.3 is 11.9 Å². The van der Waals surface area contributed by atoms with E-state index >= 15 is 0 Å². The van der Waals surface area contributed by atoms with Gasteiger partial charge in [0.25, 0.3) is 0 Å². The molecule has 0 amide bonds.